The van der Waals surface area contributed by atoms with E-state index in [1.165, 1.54) is 0 Å². The summed E-state index contributed by atoms with van der Waals surface area (Å²) in [4.78, 5) is 12.4. The van der Waals surface area contributed by atoms with E-state index in [2.05, 4.69) is 20.9 Å². The minimum atomic E-state index is -3.33. The quantitative estimate of drug-likeness (QED) is 0.611. The first-order valence-electron chi connectivity index (χ1n) is 8.31. The Morgan fingerprint density at radius 1 is 1.12 bits per heavy atom. The molecular formula is C18H22N4O3S. The van der Waals surface area contributed by atoms with E-state index in [0.717, 1.165) is 17.4 Å². The highest BCUT2D eigenvalue weighted by Crippen LogP contribution is 2.22. The Hall–Kier alpha value is -2.42. The van der Waals surface area contributed by atoms with Gasteiger partial charge in [0.1, 0.15) is 6.04 Å². The van der Waals surface area contributed by atoms with Gasteiger partial charge in [0.15, 0.2) is 0 Å². The van der Waals surface area contributed by atoms with Gasteiger partial charge in [-0.3, -0.25) is 9.52 Å². The molecule has 2 atom stereocenters. The number of rotatable bonds is 6. The van der Waals surface area contributed by atoms with E-state index >= 15 is 0 Å². The van der Waals surface area contributed by atoms with E-state index < -0.39 is 10.0 Å². The standard InChI is InChI=1S/C18H22N4O3S/c1-26(24,25)22-15-9-5-6-13(10-15)12-19-18(23)17-11-16(20-21-17)14-7-3-2-4-8-14/h2-10,16-17,20-22H,11-12H2,1H3,(H,19,23). The van der Waals surface area contributed by atoms with Gasteiger partial charge < -0.3 is 5.32 Å². The number of benzene rings is 2. The van der Waals surface area contributed by atoms with Crippen molar-refractivity contribution in [3.8, 4) is 0 Å². The fourth-order valence-corrected chi connectivity index (χ4v) is 3.46. The van der Waals surface area contributed by atoms with Gasteiger partial charge in [-0.05, 0) is 29.7 Å². The number of carbonyl (C=O) groups is 1. The average Bonchev–Trinajstić information content (AvgIpc) is 3.09. The van der Waals surface area contributed by atoms with E-state index in [1.807, 2.05) is 36.4 Å². The second-order valence-electron chi connectivity index (χ2n) is 6.33. The van der Waals surface area contributed by atoms with Gasteiger partial charge in [0, 0.05) is 18.3 Å². The zero-order valence-corrected chi connectivity index (χ0v) is 15.2. The largest absolute Gasteiger partial charge is 0.351 e. The van der Waals surface area contributed by atoms with Gasteiger partial charge in [0.2, 0.25) is 15.9 Å². The lowest BCUT2D eigenvalue weighted by molar-refractivity contribution is -0.123. The van der Waals surface area contributed by atoms with Crippen LogP contribution in [0.5, 0.6) is 0 Å². The zero-order chi connectivity index (χ0) is 18.6. The van der Waals surface area contributed by atoms with Crippen molar-refractivity contribution >= 4 is 21.6 Å². The Morgan fingerprint density at radius 3 is 2.62 bits per heavy atom. The Balaban J connectivity index is 1.54. The summed E-state index contributed by atoms with van der Waals surface area (Å²) in [5.41, 5.74) is 8.61. The van der Waals surface area contributed by atoms with E-state index in [9.17, 15) is 13.2 Å². The van der Waals surface area contributed by atoms with E-state index in [0.29, 0.717) is 18.7 Å². The van der Waals surface area contributed by atoms with Crippen molar-refractivity contribution < 1.29 is 13.2 Å². The van der Waals surface area contributed by atoms with Crippen LogP contribution >= 0.6 is 0 Å². The van der Waals surface area contributed by atoms with Crippen molar-refractivity contribution in [1.82, 2.24) is 16.2 Å². The number of anilines is 1. The molecule has 0 spiro atoms. The molecule has 0 saturated carbocycles. The molecule has 1 amide bonds. The van der Waals surface area contributed by atoms with Gasteiger partial charge in [0.25, 0.3) is 0 Å². The van der Waals surface area contributed by atoms with Crippen LogP contribution in [0, 0.1) is 0 Å². The molecule has 1 aliphatic rings. The topological polar surface area (TPSA) is 99.3 Å². The zero-order valence-electron chi connectivity index (χ0n) is 14.4. The van der Waals surface area contributed by atoms with Crippen LogP contribution in [-0.2, 0) is 21.4 Å². The summed E-state index contributed by atoms with van der Waals surface area (Å²) in [5.74, 6) is -0.0996. The molecular weight excluding hydrogens is 352 g/mol. The maximum absolute atomic E-state index is 12.4. The van der Waals surface area contributed by atoms with Crippen LogP contribution in [0.15, 0.2) is 54.6 Å². The van der Waals surface area contributed by atoms with Crippen molar-refractivity contribution in [2.75, 3.05) is 11.0 Å². The van der Waals surface area contributed by atoms with Crippen LogP contribution in [0.1, 0.15) is 23.6 Å². The summed E-state index contributed by atoms with van der Waals surface area (Å²) in [6.07, 6.45) is 1.76. The predicted octanol–water partition coefficient (Wildman–Crippen LogP) is 1.28. The first-order chi connectivity index (χ1) is 12.4. The summed E-state index contributed by atoms with van der Waals surface area (Å²) in [6, 6.07) is 16.7. The van der Waals surface area contributed by atoms with Crippen LogP contribution in [0.3, 0.4) is 0 Å². The van der Waals surface area contributed by atoms with Crippen molar-refractivity contribution in [2.24, 2.45) is 0 Å². The van der Waals surface area contributed by atoms with Crippen LogP contribution in [-0.4, -0.2) is 26.6 Å². The minimum absolute atomic E-state index is 0.0919. The molecule has 1 heterocycles. The van der Waals surface area contributed by atoms with Gasteiger partial charge in [-0.1, -0.05) is 42.5 Å². The van der Waals surface area contributed by atoms with Gasteiger partial charge in [0.05, 0.1) is 6.26 Å². The van der Waals surface area contributed by atoms with E-state index in [-0.39, 0.29) is 18.0 Å². The van der Waals surface area contributed by atoms with E-state index in [4.69, 9.17) is 0 Å². The average molecular weight is 374 g/mol. The van der Waals surface area contributed by atoms with E-state index in [1.54, 1.807) is 18.2 Å². The third-order valence-electron chi connectivity index (χ3n) is 4.12. The molecule has 0 aromatic heterocycles. The van der Waals surface area contributed by atoms with Crippen molar-refractivity contribution in [2.45, 2.75) is 25.0 Å². The highest BCUT2D eigenvalue weighted by atomic mass is 32.2. The molecule has 3 rings (SSSR count). The molecule has 0 bridgehead atoms. The number of sulfonamides is 1. The summed E-state index contributed by atoms with van der Waals surface area (Å²) >= 11 is 0. The lowest BCUT2D eigenvalue weighted by Crippen LogP contribution is -2.42. The Kier molecular flexibility index (Phi) is 5.55. The highest BCUT2D eigenvalue weighted by molar-refractivity contribution is 7.92. The fraction of sp³-hybridized carbons (Fsp3) is 0.278. The maximum Gasteiger partial charge on any atom is 0.238 e. The number of carbonyl (C=O) groups excluding carboxylic acids is 1. The lowest BCUT2D eigenvalue weighted by atomic mass is 10.0. The highest BCUT2D eigenvalue weighted by Gasteiger charge is 2.29. The lowest BCUT2D eigenvalue weighted by Gasteiger charge is -2.12. The number of hydrogen-bond acceptors (Lipinski definition) is 5. The van der Waals surface area contributed by atoms with Gasteiger partial charge in [-0.2, -0.15) is 0 Å². The summed E-state index contributed by atoms with van der Waals surface area (Å²) in [7, 11) is -3.33. The summed E-state index contributed by atoms with van der Waals surface area (Å²) in [6.45, 7) is 0.326. The third-order valence-corrected chi connectivity index (χ3v) is 4.73. The second kappa shape index (κ2) is 7.86. The molecule has 8 heteroatoms. The fourth-order valence-electron chi connectivity index (χ4n) is 2.90. The first-order valence-corrected chi connectivity index (χ1v) is 10.2. The Bertz CT molecular complexity index is 871. The molecule has 4 N–H and O–H groups in total. The Labute approximate surface area is 153 Å². The predicted molar refractivity (Wildman–Crippen MR) is 101 cm³/mol. The molecule has 0 aliphatic carbocycles. The molecule has 1 saturated heterocycles. The van der Waals surface area contributed by atoms with Crippen LogP contribution in [0.4, 0.5) is 5.69 Å². The minimum Gasteiger partial charge on any atom is -0.351 e. The molecule has 2 aromatic carbocycles. The van der Waals surface area contributed by atoms with Crippen molar-refractivity contribution in [3.05, 3.63) is 65.7 Å². The molecule has 138 valence electrons. The maximum atomic E-state index is 12.4. The van der Waals surface area contributed by atoms with Crippen LogP contribution in [0.2, 0.25) is 0 Å². The number of hydrogen-bond donors (Lipinski definition) is 4. The Morgan fingerprint density at radius 2 is 1.88 bits per heavy atom. The van der Waals surface area contributed by atoms with Crippen molar-refractivity contribution in [3.63, 3.8) is 0 Å². The van der Waals surface area contributed by atoms with Crippen molar-refractivity contribution in [1.29, 1.82) is 0 Å². The first kappa shape index (κ1) is 18.4. The molecule has 2 unspecified atom stereocenters. The van der Waals surface area contributed by atoms with Crippen LogP contribution in [0.25, 0.3) is 0 Å². The normalized spacial score (nSPS) is 19.9. The van der Waals surface area contributed by atoms with Crippen LogP contribution < -0.4 is 20.9 Å². The smallest absolute Gasteiger partial charge is 0.238 e. The van der Waals surface area contributed by atoms with Gasteiger partial charge in [-0.15, -0.1) is 0 Å². The number of amides is 1. The molecule has 7 nitrogen and oxygen atoms in total. The number of nitrogens with one attached hydrogen (secondary N) is 4. The van der Waals surface area contributed by atoms with Gasteiger partial charge >= 0.3 is 0 Å². The SMILES string of the molecule is CS(=O)(=O)Nc1cccc(CNC(=O)C2CC(c3ccccc3)NN2)c1. The third kappa shape index (κ3) is 5.04. The number of hydrazine groups is 1. The second-order valence-corrected chi connectivity index (χ2v) is 8.08. The molecule has 2 aromatic rings. The summed E-state index contributed by atoms with van der Waals surface area (Å²) in [5, 5.41) is 2.88. The molecule has 1 fully saturated rings. The molecule has 1 aliphatic heterocycles. The summed E-state index contributed by atoms with van der Waals surface area (Å²) < 4.78 is 25.0. The van der Waals surface area contributed by atoms with Gasteiger partial charge in [-0.25, -0.2) is 19.3 Å². The molecule has 0 radical (unpaired) electrons. The monoisotopic (exact) mass is 374 g/mol. The molecule has 26 heavy (non-hydrogen) atoms.